The molecule has 4 N–H and O–H groups in total. The average Bonchev–Trinajstić information content (AvgIpc) is 3.17. The first-order valence-electron chi connectivity index (χ1n) is 8.82. The lowest BCUT2D eigenvalue weighted by molar-refractivity contribution is -0.123. The van der Waals surface area contributed by atoms with Gasteiger partial charge in [0.25, 0.3) is 0 Å². The molecule has 138 valence electrons. The molecule has 1 aromatic carbocycles. The highest BCUT2D eigenvalue weighted by Crippen LogP contribution is 2.21. The molecule has 7 nitrogen and oxygen atoms in total. The number of carbonyl (C=O) groups is 2. The van der Waals surface area contributed by atoms with Gasteiger partial charge in [0.1, 0.15) is 5.76 Å². The van der Waals surface area contributed by atoms with E-state index in [1.165, 1.54) is 0 Å². The summed E-state index contributed by atoms with van der Waals surface area (Å²) in [7, 11) is 0. The second kappa shape index (κ2) is 8.53. The van der Waals surface area contributed by atoms with Crippen molar-refractivity contribution in [3.8, 4) is 11.3 Å². The van der Waals surface area contributed by atoms with Crippen LogP contribution in [0.3, 0.4) is 0 Å². The zero-order valence-electron chi connectivity index (χ0n) is 14.6. The number of nitrogens with zero attached hydrogens (tertiary/aromatic N) is 1. The molecule has 0 bridgehead atoms. The molecule has 1 aromatic heterocycles. The lowest BCUT2D eigenvalue weighted by Gasteiger charge is -2.31. The summed E-state index contributed by atoms with van der Waals surface area (Å²) in [6.45, 7) is 2.82. The van der Waals surface area contributed by atoms with Gasteiger partial charge in [-0.3, -0.25) is 4.79 Å². The van der Waals surface area contributed by atoms with Gasteiger partial charge in [-0.05, 0) is 55.8 Å². The van der Waals surface area contributed by atoms with E-state index in [1.54, 1.807) is 6.26 Å². The minimum absolute atomic E-state index is 0.0785. The maximum Gasteiger partial charge on any atom is 0.319 e. The van der Waals surface area contributed by atoms with E-state index in [2.05, 4.69) is 15.5 Å². The van der Waals surface area contributed by atoms with Crippen LogP contribution < -0.4 is 16.4 Å². The Kier molecular flexibility index (Phi) is 5.91. The van der Waals surface area contributed by atoms with E-state index in [1.807, 2.05) is 36.4 Å². The molecule has 1 aliphatic heterocycles. The molecule has 26 heavy (non-hydrogen) atoms. The quantitative estimate of drug-likeness (QED) is 0.739. The molecular weight excluding hydrogens is 332 g/mol. The van der Waals surface area contributed by atoms with E-state index < -0.39 is 0 Å². The number of urea groups is 1. The van der Waals surface area contributed by atoms with Gasteiger partial charge in [-0.15, -0.1) is 0 Å². The molecule has 1 fully saturated rings. The fraction of sp³-hybridized carbons (Fsp3) is 0.368. The molecule has 0 aliphatic carbocycles. The van der Waals surface area contributed by atoms with Crippen LogP contribution >= 0.6 is 0 Å². The molecule has 3 amide bonds. The maximum absolute atomic E-state index is 12.0. The van der Waals surface area contributed by atoms with Crippen LogP contribution in [0.1, 0.15) is 12.8 Å². The monoisotopic (exact) mass is 356 g/mol. The molecule has 0 saturated carbocycles. The summed E-state index contributed by atoms with van der Waals surface area (Å²) < 4.78 is 5.34. The number of nitrogens with one attached hydrogen (secondary N) is 2. The smallest absolute Gasteiger partial charge is 0.319 e. The number of carbonyl (C=O) groups excluding carboxylic acids is 2. The molecule has 3 rings (SSSR count). The van der Waals surface area contributed by atoms with Crippen LogP contribution in [0.4, 0.5) is 10.5 Å². The molecule has 1 saturated heterocycles. The molecule has 2 heterocycles. The summed E-state index contributed by atoms with van der Waals surface area (Å²) >= 11 is 0. The summed E-state index contributed by atoms with van der Waals surface area (Å²) in [6.07, 6.45) is 3.44. The number of anilines is 1. The summed E-state index contributed by atoms with van der Waals surface area (Å²) in [5.41, 5.74) is 7.05. The number of primary amides is 1. The fourth-order valence-corrected chi connectivity index (χ4v) is 3.15. The Morgan fingerprint density at radius 1 is 1.23 bits per heavy atom. The Morgan fingerprint density at radius 3 is 2.73 bits per heavy atom. The van der Waals surface area contributed by atoms with Gasteiger partial charge < -0.3 is 25.7 Å². The minimum Gasteiger partial charge on any atom is -0.464 e. The van der Waals surface area contributed by atoms with Crippen molar-refractivity contribution in [2.45, 2.75) is 12.8 Å². The Labute approximate surface area is 152 Å². The molecule has 0 spiro atoms. The first-order valence-corrected chi connectivity index (χ1v) is 8.82. The third kappa shape index (κ3) is 4.86. The Balaban J connectivity index is 1.41. The summed E-state index contributed by atoms with van der Waals surface area (Å²) in [4.78, 5) is 25.5. The average molecular weight is 356 g/mol. The predicted octanol–water partition coefficient (Wildman–Crippen LogP) is 2.27. The van der Waals surface area contributed by atoms with Crippen molar-refractivity contribution in [1.29, 1.82) is 0 Å². The van der Waals surface area contributed by atoms with E-state index in [0.29, 0.717) is 25.3 Å². The lowest BCUT2D eigenvalue weighted by atomic mass is 9.97. The number of likely N-dealkylation sites (tertiary alicyclic amines) is 1. The Hall–Kier alpha value is -2.80. The number of piperidine rings is 1. The van der Waals surface area contributed by atoms with Crippen LogP contribution in [-0.4, -0.2) is 43.0 Å². The van der Waals surface area contributed by atoms with Gasteiger partial charge in [-0.25, -0.2) is 4.79 Å². The van der Waals surface area contributed by atoms with Crippen molar-refractivity contribution < 1.29 is 14.0 Å². The van der Waals surface area contributed by atoms with Crippen molar-refractivity contribution >= 4 is 17.6 Å². The largest absolute Gasteiger partial charge is 0.464 e. The van der Waals surface area contributed by atoms with E-state index in [-0.39, 0.29) is 17.9 Å². The van der Waals surface area contributed by atoms with Crippen molar-refractivity contribution in [3.05, 3.63) is 42.7 Å². The zero-order chi connectivity index (χ0) is 18.4. The Morgan fingerprint density at radius 2 is 2.04 bits per heavy atom. The minimum atomic E-state index is -0.251. The van der Waals surface area contributed by atoms with Gasteiger partial charge >= 0.3 is 6.03 Å². The zero-order valence-corrected chi connectivity index (χ0v) is 14.6. The molecule has 0 unspecified atom stereocenters. The lowest BCUT2D eigenvalue weighted by Crippen LogP contribution is -2.44. The highest BCUT2D eigenvalue weighted by atomic mass is 16.3. The van der Waals surface area contributed by atoms with Crippen molar-refractivity contribution in [2.75, 3.05) is 31.5 Å². The maximum atomic E-state index is 12.0. The van der Waals surface area contributed by atoms with Crippen LogP contribution in [-0.2, 0) is 4.79 Å². The third-order valence-corrected chi connectivity index (χ3v) is 4.57. The number of hydrogen-bond donors (Lipinski definition) is 3. The van der Waals surface area contributed by atoms with Crippen molar-refractivity contribution in [3.63, 3.8) is 0 Å². The number of benzene rings is 1. The highest BCUT2D eigenvalue weighted by Gasteiger charge is 2.23. The summed E-state index contributed by atoms with van der Waals surface area (Å²) in [5, 5.41) is 5.64. The SMILES string of the molecule is NC(=O)[C@@H]1CCCN(CCNC(=O)Nc2ccc(-c3ccco3)cc2)C1. The van der Waals surface area contributed by atoms with Gasteiger partial charge in [0.2, 0.25) is 5.91 Å². The van der Waals surface area contributed by atoms with Gasteiger partial charge in [-0.2, -0.15) is 0 Å². The van der Waals surface area contributed by atoms with E-state index in [4.69, 9.17) is 10.2 Å². The van der Waals surface area contributed by atoms with Gasteiger partial charge in [0.15, 0.2) is 0 Å². The fourth-order valence-electron chi connectivity index (χ4n) is 3.15. The Bertz CT molecular complexity index is 728. The molecular formula is C19H24N4O3. The van der Waals surface area contributed by atoms with Crippen molar-refractivity contribution in [2.24, 2.45) is 11.7 Å². The second-order valence-corrected chi connectivity index (χ2v) is 6.48. The van der Waals surface area contributed by atoms with E-state index >= 15 is 0 Å². The number of nitrogens with two attached hydrogens (primary N) is 1. The van der Waals surface area contributed by atoms with E-state index in [0.717, 1.165) is 30.7 Å². The first kappa shape index (κ1) is 18.0. The van der Waals surface area contributed by atoms with Crippen molar-refractivity contribution in [1.82, 2.24) is 10.2 Å². The number of hydrogen-bond acceptors (Lipinski definition) is 4. The van der Waals surface area contributed by atoms with E-state index in [9.17, 15) is 9.59 Å². The highest BCUT2D eigenvalue weighted by molar-refractivity contribution is 5.89. The van der Waals surface area contributed by atoms with Crippen LogP contribution in [0.5, 0.6) is 0 Å². The van der Waals surface area contributed by atoms with Crippen LogP contribution in [0.25, 0.3) is 11.3 Å². The number of furan rings is 1. The summed E-state index contributed by atoms with van der Waals surface area (Å²) in [5.74, 6) is 0.473. The van der Waals surface area contributed by atoms with Crippen LogP contribution in [0.15, 0.2) is 47.1 Å². The van der Waals surface area contributed by atoms with Gasteiger partial charge in [-0.1, -0.05) is 0 Å². The van der Waals surface area contributed by atoms with Gasteiger partial charge in [0.05, 0.1) is 12.2 Å². The molecule has 7 heteroatoms. The first-order chi connectivity index (χ1) is 12.6. The molecule has 1 atom stereocenters. The standard InChI is InChI=1S/C19H24N4O3/c20-18(24)15-3-1-10-23(13-15)11-9-21-19(25)22-16-7-5-14(6-8-16)17-4-2-12-26-17/h2,4-8,12,15H,1,3,9-11,13H2,(H2,20,24)(H2,21,22,25)/t15-/m1/s1. The molecule has 1 aliphatic rings. The van der Waals surface area contributed by atoms with Crippen LogP contribution in [0.2, 0.25) is 0 Å². The number of amides is 3. The molecule has 2 aromatic rings. The normalized spacial score (nSPS) is 17.6. The topological polar surface area (TPSA) is 101 Å². The third-order valence-electron chi connectivity index (χ3n) is 4.57. The number of rotatable bonds is 6. The second-order valence-electron chi connectivity index (χ2n) is 6.48. The predicted molar refractivity (Wildman–Crippen MR) is 99.5 cm³/mol. The summed E-state index contributed by atoms with van der Waals surface area (Å²) in [6, 6.07) is 10.9. The van der Waals surface area contributed by atoms with Crippen LogP contribution in [0, 0.1) is 5.92 Å². The molecule has 0 radical (unpaired) electrons. The van der Waals surface area contributed by atoms with Gasteiger partial charge in [0, 0.05) is 30.9 Å².